The zero-order chi connectivity index (χ0) is 12.1. The second kappa shape index (κ2) is 6.87. The number of hydrogen-bond donors (Lipinski definition) is 2. The Kier molecular flexibility index (Phi) is 6.22. The van der Waals surface area contributed by atoms with Gasteiger partial charge in [0.1, 0.15) is 5.76 Å². The summed E-state index contributed by atoms with van der Waals surface area (Å²) in [7, 11) is 1.50. The smallest absolute Gasteiger partial charge is 0.245 e. The molecule has 0 fully saturated rings. The number of halogens is 1. The number of likely N-dealkylation sites (N-methyl/N-ethyl adjacent to an activating group) is 1. The number of aromatic nitrogens is 1. The molecule has 0 radical (unpaired) electrons. The number of carbonyl (C=O) groups is 2. The summed E-state index contributed by atoms with van der Waals surface area (Å²) in [5.74, 6) is 0.280. The summed E-state index contributed by atoms with van der Waals surface area (Å²) in [6, 6.07) is 1.59. The first-order valence-electron chi connectivity index (χ1n) is 4.70. The van der Waals surface area contributed by atoms with Gasteiger partial charge in [-0.1, -0.05) is 5.16 Å². The standard InChI is InChI=1S/C9H14N4O3.ClH/c1-6-3-7(12-16-6)11-8(14)5-13(2)9(15)4-10;/h3H,4-5,10H2,1-2H3,(H,11,12,14);1H. The third kappa shape index (κ3) is 4.83. The highest BCUT2D eigenvalue weighted by molar-refractivity contribution is 5.93. The van der Waals surface area contributed by atoms with Crippen LogP contribution in [0.2, 0.25) is 0 Å². The molecule has 1 aromatic rings. The van der Waals surface area contributed by atoms with Crippen LogP contribution in [0, 0.1) is 6.92 Å². The maximum atomic E-state index is 11.4. The number of hydrogen-bond acceptors (Lipinski definition) is 5. The van der Waals surface area contributed by atoms with Gasteiger partial charge in [0.15, 0.2) is 5.82 Å². The molecule has 0 aliphatic rings. The van der Waals surface area contributed by atoms with Crippen molar-refractivity contribution in [3.05, 3.63) is 11.8 Å². The fourth-order valence-corrected chi connectivity index (χ4v) is 1.07. The predicted octanol–water partition coefficient (Wildman–Crippen LogP) is -0.240. The summed E-state index contributed by atoms with van der Waals surface area (Å²) < 4.78 is 4.77. The van der Waals surface area contributed by atoms with Gasteiger partial charge in [-0.2, -0.15) is 0 Å². The van der Waals surface area contributed by atoms with Crippen LogP contribution in [0.4, 0.5) is 5.82 Å². The van der Waals surface area contributed by atoms with E-state index in [0.717, 1.165) is 0 Å². The third-order valence-corrected chi connectivity index (χ3v) is 1.88. The minimum Gasteiger partial charge on any atom is -0.360 e. The number of carbonyl (C=O) groups excluding carboxylic acids is 2. The van der Waals surface area contributed by atoms with Crippen LogP contribution in [-0.2, 0) is 9.59 Å². The van der Waals surface area contributed by atoms with Gasteiger partial charge in [-0.3, -0.25) is 9.59 Å². The third-order valence-electron chi connectivity index (χ3n) is 1.88. The van der Waals surface area contributed by atoms with Gasteiger partial charge in [-0.15, -0.1) is 12.4 Å². The molecule has 1 heterocycles. The van der Waals surface area contributed by atoms with E-state index in [0.29, 0.717) is 11.6 Å². The molecule has 0 aromatic carbocycles. The Morgan fingerprint density at radius 3 is 2.71 bits per heavy atom. The minimum atomic E-state index is -0.349. The van der Waals surface area contributed by atoms with E-state index >= 15 is 0 Å². The molecular formula is C9H15ClN4O3. The summed E-state index contributed by atoms with van der Waals surface area (Å²) in [5, 5.41) is 6.09. The number of amides is 2. The fourth-order valence-electron chi connectivity index (χ4n) is 1.07. The molecule has 96 valence electrons. The molecule has 0 saturated heterocycles. The molecule has 0 aliphatic carbocycles. The lowest BCUT2D eigenvalue weighted by molar-refractivity contribution is -0.132. The Morgan fingerprint density at radius 1 is 1.59 bits per heavy atom. The second-order valence-electron chi connectivity index (χ2n) is 3.32. The van der Waals surface area contributed by atoms with E-state index in [4.69, 9.17) is 10.3 Å². The van der Waals surface area contributed by atoms with Gasteiger partial charge < -0.3 is 20.5 Å². The lowest BCUT2D eigenvalue weighted by atomic mass is 10.4. The Balaban J connectivity index is 0.00000256. The molecular weight excluding hydrogens is 248 g/mol. The van der Waals surface area contributed by atoms with Crippen LogP contribution >= 0.6 is 12.4 Å². The lowest BCUT2D eigenvalue weighted by Gasteiger charge is -2.14. The van der Waals surface area contributed by atoms with Crippen molar-refractivity contribution in [1.82, 2.24) is 10.1 Å². The van der Waals surface area contributed by atoms with Crippen LogP contribution in [-0.4, -0.2) is 42.0 Å². The van der Waals surface area contributed by atoms with E-state index in [9.17, 15) is 9.59 Å². The average Bonchev–Trinajstić information content (AvgIpc) is 2.62. The van der Waals surface area contributed by atoms with Gasteiger partial charge >= 0.3 is 0 Å². The lowest BCUT2D eigenvalue weighted by Crippen LogP contribution is -2.38. The zero-order valence-electron chi connectivity index (χ0n) is 9.60. The Hall–Kier alpha value is -1.60. The predicted molar refractivity (Wildman–Crippen MR) is 63.8 cm³/mol. The normalized spacial score (nSPS) is 9.35. The maximum Gasteiger partial charge on any atom is 0.245 e. The van der Waals surface area contributed by atoms with Gasteiger partial charge in [-0.05, 0) is 6.92 Å². The number of anilines is 1. The second-order valence-corrected chi connectivity index (χ2v) is 3.32. The molecule has 3 N–H and O–H groups in total. The highest BCUT2D eigenvalue weighted by Crippen LogP contribution is 2.06. The first-order valence-corrected chi connectivity index (χ1v) is 4.70. The van der Waals surface area contributed by atoms with Gasteiger partial charge in [0.05, 0.1) is 13.1 Å². The minimum absolute atomic E-state index is 0. The molecule has 1 aromatic heterocycles. The quantitative estimate of drug-likeness (QED) is 0.780. The van der Waals surface area contributed by atoms with Crippen molar-refractivity contribution in [2.24, 2.45) is 5.73 Å². The van der Waals surface area contributed by atoms with Crippen molar-refractivity contribution < 1.29 is 14.1 Å². The Morgan fingerprint density at radius 2 is 2.24 bits per heavy atom. The number of nitrogens with two attached hydrogens (primary N) is 1. The van der Waals surface area contributed by atoms with Crippen LogP contribution in [0.5, 0.6) is 0 Å². The molecule has 17 heavy (non-hydrogen) atoms. The molecule has 0 bridgehead atoms. The molecule has 0 atom stereocenters. The highest BCUT2D eigenvalue weighted by atomic mass is 35.5. The summed E-state index contributed by atoms with van der Waals surface area (Å²) in [4.78, 5) is 23.8. The summed E-state index contributed by atoms with van der Waals surface area (Å²) in [5.41, 5.74) is 5.15. The van der Waals surface area contributed by atoms with Crippen molar-refractivity contribution in [2.45, 2.75) is 6.92 Å². The SMILES string of the molecule is Cc1cc(NC(=O)CN(C)C(=O)CN)no1.Cl. The van der Waals surface area contributed by atoms with Crippen LogP contribution < -0.4 is 11.1 Å². The van der Waals surface area contributed by atoms with E-state index in [2.05, 4.69) is 10.5 Å². The first kappa shape index (κ1) is 15.4. The summed E-state index contributed by atoms with van der Waals surface area (Å²) in [6.45, 7) is 1.53. The molecule has 7 nitrogen and oxygen atoms in total. The maximum absolute atomic E-state index is 11.4. The number of aryl methyl sites for hydroxylation is 1. The molecule has 0 saturated carbocycles. The van der Waals surface area contributed by atoms with Crippen molar-refractivity contribution in [3.8, 4) is 0 Å². The van der Waals surface area contributed by atoms with Gasteiger partial charge in [0, 0.05) is 13.1 Å². The Labute approximate surface area is 105 Å². The summed E-state index contributed by atoms with van der Waals surface area (Å²) >= 11 is 0. The number of rotatable bonds is 4. The van der Waals surface area contributed by atoms with Crippen molar-refractivity contribution in [1.29, 1.82) is 0 Å². The molecule has 0 unspecified atom stereocenters. The van der Waals surface area contributed by atoms with Crippen molar-refractivity contribution in [2.75, 3.05) is 25.5 Å². The number of nitrogens with zero attached hydrogens (tertiary/aromatic N) is 2. The topological polar surface area (TPSA) is 101 Å². The van der Waals surface area contributed by atoms with Crippen LogP contribution in [0.3, 0.4) is 0 Å². The first-order chi connectivity index (χ1) is 7.52. The number of nitrogens with one attached hydrogen (secondary N) is 1. The van der Waals surface area contributed by atoms with Crippen molar-refractivity contribution in [3.63, 3.8) is 0 Å². The zero-order valence-corrected chi connectivity index (χ0v) is 10.4. The average molecular weight is 263 g/mol. The molecule has 1 rings (SSSR count). The van der Waals surface area contributed by atoms with E-state index in [1.54, 1.807) is 13.0 Å². The monoisotopic (exact) mass is 262 g/mol. The van der Waals surface area contributed by atoms with Crippen LogP contribution in [0.1, 0.15) is 5.76 Å². The summed E-state index contributed by atoms with van der Waals surface area (Å²) in [6.07, 6.45) is 0. The largest absolute Gasteiger partial charge is 0.360 e. The van der Waals surface area contributed by atoms with Crippen LogP contribution in [0.25, 0.3) is 0 Å². The van der Waals surface area contributed by atoms with E-state index in [-0.39, 0.29) is 37.3 Å². The Bertz CT molecular complexity index is 393. The van der Waals surface area contributed by atoms with Gasteiger partial charge in [0.25, 0.3) is 0 Å². The van der Waals surface area contributed by atoms with E-state index in [1.807, 2.05) is 0 Å². The van der Waals surface area contributed by atoms with E-state index < -0.39 is 0 Å². The van der Waals surface area contributed by atoms with Gasteiger partial charge in [0.2, 0.25) is 11.8 Å². The fraction of sp³-hybridized carbons (Fsp3) is 0.444. The molecule has 8 heteroatoms. The molecule has 0 aliphatic heterocycles. The van der Waals surface area contributed by atoms with Gasteiger partial charge in [-0.25, -0.2) is 0 Å². The highest BCUT2D eigenvalue weighted by Gasteiger charge is 2.12. The molecule has 2 amide bonds. The van der Waals surface area contributed by atoms with E-state index in [1.165, 1.54) is 11.9 Å². The van der Waals surface area contributed by atoms with Crippen LogP contribution in [0.15, 0.2) is 10.6 Å². The molecule has 0 spiro atoms. The van der Waals surface area contributed by atoms with Crippen molar-refractivity contribution >= 4 is 30.0 Å².